The van der Waals surface area contributed by atoms with Crippen molar-refractivity contribution in [1.82, 2.24) is 0 Å². The Morgan fingerprint density at radius 2 is 2.00 bits per heavy atom. The van der Waals surface area contributed by atoms with E-state index in [0.29, 0.717) is 0 Å². The summed E-state index contributed by atoms with van der Waals surface area (Å²) in [5, 5.41) is 5.75. The number of hydrogen-bond donors (Lipinski definition) is 2. The molecule has 0 bridgehead atoms. The maximum absolute atomic E-state index is 11.9. The van der Waals surface area contributed by atoms with Gasteiger partial charge in [-0.2, -0.15) is 0 Å². The molecule has 0 atom stereocenters. The van der Waals surface area contributed by atoms with Crippen molar-refractivity contribution in [3.05, 3.63) is 35.2 Å². The fourth-order valence-electron chi connectivity index (χ4n) is 2.25. The molecular formula is C14H14N2OS. The quantitative estimate of drug-likeness (QED) is 0.825. The molecule has 2 aromatic rings. The first kappa shape index (κ1) is 11.3. The number of carbonyl (C=O) groups is 1. The lowest BCUT2D eigenvalue weighted by molar-refractivity contribution is -0.119. The monoisotopic (exact) mass is 258 g/mol. The molecule has 2 heterocycles. The molecule has 0 radical (unpaired) electrons. The Labute approximate surface area is 110 Å². The van der Waals surface area contributed by atoms with Gasteiger partial charge in [0.25, 0.3) is 0 Å². The molecule has 3 N–H and O–H groups in total. The molecule has 0 unspecified atom stereocenters. The Morgan fingerprint density at radius 1 is 1.22 bits per heavy atom. The lowest BCUT2D eigenvalue weighted by Gasteiger charge is -2.15. The van der Waals surface area contributed by atoms with Crippen molar-refractivity contribution >= 4 is 27.9 Å². The van der Waals surface area contributed by atoms with Crippen LogP contribution in [-0.2, 0) is 10.2 Å². The number of nitrogens with one attached hydrogen (secondary N) is 1. The summed E-state index contributed by atoms with van der Waals surface area (Å²) >= 11 is 1.53. The lowest BCUT2D eigenvalue weighted by atomic mass is 9.85. The highest BCUT2D eigenvalue weighted by Crippen LogP contribution is 2.40. The average Bonchev–Trinajstić information content (AvgIpc) is 2.83. The van der Waals surface area contributed by atoms with Crippen LogP contribution < -0.4 is 11.1 Å². The first-order valence-electron chi connectivity index (χ1n) is 5.79. The Bertz CT molecular complexity index is 643. The van der Waals surface area contributed by atoms with E-state index in [1.165, 1.54) is 11.3 Å². The smallest absolute Gasteiger partial charge is 0.234 e. The number of nitrogen functional groups attached to an aromatic ring is 1. The molecule has 4 heteroatoms. The topological polar surface area (TPSA) is 55.1 Å². The second kappa shape index (κ2) is 3.59. The summed E-state index contributed by atoms with van der Waals surface area (Å²) in [7, 11) is 0. The molecule has 3 nitrogen and oxygen atoms in total. The molecule has 1 aliphatic heterocycles. The molecule has 1 aromatic carbocycles. The van der Waals surface area contributed by atoms with Crippen LogP contribution in [0.15, 0.2) is 29.6 Å². The third-order valence-corrected chi connectivity index (χ3v) is 4.22. The van der Waals surface area contributed by atoms with Crippen LogP contribution in [0, 0.1) is 0 Å². The Kier molecular flexibility index (Phi) is 2.25. The summed E-state index contributed by atoms with van der Waals surface area (Å²) in [6, 6.07) is 8.02. The molecule has 92 valence electrons. The van der Waals surface area contributed by atoms with Gasteiger partial charge < -0.3 is 11.1 Å². The van der Waals surface area contributed by atoms with Crippen molar-refractivity contribution < 1.29 is 4.79 Å². The van der Waals surface area contributed by atoms with Crippen LogP contribution in [0.4, 0.5) is 10.7 Å². The predicted octanol–water partition coefficient (Wildman–Crippen LogP) is 3.23. The zero-order chi connectivity index (χ0) is 12.9. The van der Waals surface area contributed by atoms with Gasteiger partial charge in [0.1, 0.15) is 0 Å². The summed E-state index contributed by atoms with van der Waals surface area (Å²) < 4.78 is 0. The summed E-state index contributed by atoms with van der Waals surface area (Å²) in [5.74, 6) is 0.0551. The lowest BCUT2D eigenvalue weighted by Crippen LogP contribution is -2.26. The molecule has 0 fully saturated rings. The highest BCUT2D eigenvalue weighted by molar-refractivity contribution is 7.14. The molecule has 0 aliphatic carbocycles. The summed E-state index contributed by atoms with van der Waals surface area (Å²) in [4.78, 5) is 11.9. The Morgan fingerprint density at radius 3 is 2.67 bits per heavy atom. The number of fused-ring (bicyclic) bond motifs is 1. The zero-order valence-electron chi connectivity index (χ0n) is 10.3. The maximum Gasteiger partial charge on any atom is 0.234 e. The molecular weight excluding hydrogens is 244 g/mol. The zero-order valence-corrected chi connectivity index (χ0v) is 11.1. The van der Waals surface area contributed by atoms with Crippen molar-refractivity contribution in [3.63, 3.8) is 0 Å². The number of rotatable bonds is 1. The molecule has 1 amide bonds. The first-order chi connectivity index (χ1) is 8.48. The number of anilines is 2. The average molecular weight is 258 g/mol. The van der Waals surface area contributed by atoms with E-state index >= 15 is 0 Å². The minimum Gasteiger partial charge on any atom is -0.391 e. The highest BCUT2D eigenvalue weighted by Gasteiger charge is 2.38. The van der Waals surface area contributed by atoms with Gasteiger partial charge in [0.05, 0.1) is 10.4 Å². The highest BCUT2D eigenvalue weighted by atomic mass is 32.1. The third-order valence-electron chi connectivity index (χ3n) is 3.46. The molecule has 0 saturated carbocycles. The van der Waals surface area contributed by atoms with E-state index < -0.39 is 5.41 Å². The minimum absolute atomic E-state index is 0.0551. The summed E-state index contributed by atoms with van der Waals surface area (Å²) in [6.45, 7) is 3.89. The van der Waals surface area contributed by atoms with Crippen LogP contribution in [0.5, 0.6) is 0 Å². The summed E-state index contributed by atoms with van der Waals surface area (Å²) in [5.41, 5.74) is 9.47. The van der Waals surface area contributed by atoms with E-state index in [0.717, 1.165) is 27.4 Å². The predicted molar refractivity (Wildman–Crippen MR) is 75.8 cm³/mol. The SMILES string of the molecule is CC1(C)C(=O)Nc2ccc(-c3csc(N)c3)cc21. The fraction of sp³-hybridized carbons (Fsp3) is 0.214. The van der Waals surface area contributed by atoms with Crippen molar-refractivity contribution in [2.75, 3.05) is 11.1 Å². The van der Waals surface area contributed by atoms with Crippen LogP contribution in [0.2, 0.25) is 0 Å². The van der Waals surface area contributed by atoms with Crippen molar-refractivity contribution in [3.8, 4) is 11.1 Å². The van der Waals surface area contributed by atoms with Crippen LogP contribution in [0.1, 0.15) is 19.4 Å². The van der Waals surface area contributed by atoms with Crippen LogP contribution in [0.3, 0.4) is 0 Å². The van der Waals surface area contributed by atoms with E-state index in [-0.39, 0.29) is 5.91 Å². The van der Waals surface area contributed by atoms with E-state index in [4.69, 9.17) is 5.73 Å². The van der Waals surface area contributed by atoms with E-state index in [2.05, 4.69) is 11.4 Å². The number of nitrogens with two attached hydrogens (primary N) is 1. The Balaban J connectivity index is 2.13. The molecule has 0 spiro atoms. The van der Waals surface area contributed by atoms with E-state index in [1.54, 1.807) is 0 Å². The van der Waals surface area contributed by atoms with Gasteiger partial charge in [-0.1, -0.05) is 6.07 Å². The van der Waals surface area contributed by atoms with Gasteiger partial charge in [-0.3, -0.25) is 4.79 Å². The molecule has 1 aromatic heterocycles. The number of thiophene rings is 1. The molecule has 0 saturated heterocycles. The van der Waals surface area contributed by atoms with E-state index in [9.17, 15) is 4.79 Å². The second-order valence-electron chi connectivity index (χ2n) is 5.08. The number of amides is 1. The second-order valence-corrected chi connectivity index (χ2v) is 6.02. The number of carbonyl (C=O) groups excluding carboxylic acids is 1. The molecule has 18 heavy (non-hydrogen) atoms. The first-order valence-corrected chi connectivity index (χ1v) is 6.67. The van der Waals surface area contributed by atoms with Gasteiger partial charge in [-0.05, 0) is 48.7 Å². The van der Waals surface area contributed by atoms with Crippen LogP contribution >= 0.6 is 11.3 Å². The number of benzene rings is 1. The van der Waals surface area contributed by atoms with Crippen LogP contribution in [0.25, 0.3) is 11.1 Å². The largest absolute Gasteiger partial charge is 0.391 e. The van der Waals surface area contributed by atoms with Crippen molar-refractivity contribution in [2.45, 2.75) is 19.3 Å². The van der Waals surface area contributed by atoms with Gasteiger partial charge >= 0.3 is 0 Å². The van der Waals surface area contributed by atoms with Crippen molar-refractivity contribution in [2.24, 2.45) is 0 Å². The van der Waals surface area contributed by atoms with Gasteiger partial charge in [0.15, 0.2) is 0 Å². The van der Waals surface area contributed by atoms with Crippen LogP contribution in [-0.4, -0.2) is 5.91 Å². The molecule has 1 aliphatic rings. The Hall–Kier alpha value is -1.81. The van der Waals surface area contributed by atoms with Gasteiger partial charge in [-0.25, -0.2) is 0 Å². The van der Waals surface area contributed by atoms with Gasteiger partial charge in [0, 0.05) is 11.1 Å². The molecule has 3 rings (SSSR count). The van der Waals surface area contributed by atoms with Gasteiger partial charge in [0.2, 0.25) is 5.91 Å². The minimum atomic E-state index is -0.465. The number of hydrogen-bond acceptors (Lipinski definition) is 3. The normalized spacial score (nSPS) is 16.4. The summed E-state index contributed by atoms with van der Waals surface area (Å²) in [6.07, 6.45) is 0. The van der Waals surface area contributed by atoms with Crippen molar-refractivity contribution in [1.29, 1.82) is 0 Å². The standard InChI is InChI=1S/C14H14N2OS/c1-14(2)10-5-8(9-6-12(15)18-7-9)3-4-11(10)16-13(14)17/h3-7H,15H2,1-2H3,(H,16,17). The third kappa shape index (κ3) is 1.53. The van der Waals surface area contributed by atoms with Gasteiger partial charge in [-0.15, -0.1) is 11.3 Å². The fourth-order valence-corrected chi connectivity index (χ4v) is 2.92. The van der Waals surface area contributed by atoms with E-state index in [1.807, 2.05) is 37.4 Å². The maximum atomic E-state index is 11.9.